The Balaban J connectivity index is 2.01. The summed E-state index contributed by atoms with van der Waals surface area (Å²) in [6.07, 6.45) is 4.51. The number of halogens is 1. The van der Waals surface area contributed by atoms with Crippen LogP contribution in [0.25, 0.3) is 11.1 Å². The van der Waals surface area contributed by atoms with Crippen molar-refractivity contribution in [2.45, 2.75) is 40.0 Å². The number of hydrogen-bond acceptors (Lipinski definition) is 2. The molecule has 2 nitrogen and oxygen atoms in total. The third-order valence-corrected chi connectivity index (χ3v) is 3.93. The van der Waals surface area contributed by atoms with E-state index in [4.69, 9.17) is 4.74 Å². The van der Waals surface area contributed by atoms with Crippen molar-refractivity contribution in [3.05, 3.63) is 47.4 Å². The zero-order valence-corrected chi connectivity index (χ0v) is 13.4. The highest BCUT2D eigenvalue weighted by atomic mass is 19.1. The molecule has 0 atom stereocenters. The second kappa shape index (κ2) is 5.71. The van der Waals surface area contributed by atoms with Crippen LogP contribution in [0.3, 0.4) is 0 Å². The molecule has 0 radical (unpaired) electrons. The Morgan fingerprint density at radius 1 is 1.09 bits per heavy atom. The molecule has 0 spiro atoms. The van der Waals surface area contributed by atoms with Crippen molar-refractivity contribution in [1.82, 2.24) is 4.98 Å². The van der Waals surface area contributed by atoms with Gasteiger partial charge in [-0.25, -0.2) is 9.37 Å². The van der Waals surface area contributed by atoms with Crippen LogP contribution in [0.15, 0.2) is 30.5 Å². The van der Waals surface area contributed by atoms with Crippen LogP contribution in [0.1, 0.15) is 38.3 Å². The van der Waals surface area contributed by atoms with Crippen LogP contribution in [-0.4, -0.2) is 11.6 Å². The summed E-state index contributed by atoms with van der Waals surface area (Å²) < 4.78 is 19.9. The molecule has 3 rings (SSSR count). The fourth-order valence-corrected chi connectivity index (χ4v) is 2.91. The molecule has 1 aliphatic rings. The lowest BCUT2D eigenvalue weighted by molar-refractivity contribution is 0.192. The predicted molar refractivity (Wildman–Crippen MR) is 86.6 cm³/mol. The molecule has 0 saturated carbocycles. The number of aromatic nitrogens is 1. The summed E-state index contributed by atoms with van der Waals surface area (Å²) in [4.78, 5) is 4.39. The molecule has 3 heteroatoms. The van der Waals surface area contributed by atoms with E-state index >= 15 is 0 Å². The summed E-state index contributed by atoms with van der Waals surface area (Å²) in [5.74, 6) is 0.551. The third kappa shape index (κ3) is 2.99. The van der Waals surface area contributed by atoms with Crippen LogP contribution in [0.5, 0.6) is 5.88 Å². The van der Waals surface area contributed by atoms with Crippen molar-refractivity contribution < 1.29 is 9.13 Å². The predicted octanol–water partition coefficient (Wildman–Crippen LogP) is 4.80. The van der Waals surface area contributed by atoms with E-state index in [1.807, 2.05) is 18.2 Å². The Morgan fingerprint density at radius 3 is 2.64 bits per heavy atom. The largest absolute Gasteiger partial charge is 0.477 e. The van der Waals surface area contributed by atoms with Crippen molar-refractivity contribution in [3.8, 4) is 17.0 Å². The smallest absolute Gasteiger partial charge is 0.221 e. The van der Waals surface area contributed by atoms with E-state index in [1.165, 1.54) is 0 Å². The molecule has 22 heavy (non-hydrogen) atoms. The summed E-state index contributed by atoms with van der Waals surface area (Å²) >= 11 is 0. The van der Waals surface area contributed by atoms with Crippen molar-refractivity contribution >= 4 is 0 Å². The van der Waals surface area contributed by atoms with Gasteiger partial charge in [0.25, 0.3) is 0 Å². The third-order valence-electron chi connectivity index (χ3n) is 3.93. The molecule has 0 N–H and O–H groups in total. The van der Waals surface area contributed by atoms with Gasteiger partial charge in [-0.05, 0) is 59.6 Å². The van der Waals surface area contributed by atoms with Gasteiger partial charge < -0.3 is 4.74 Å². The lowest BCUT2D eigenvalue weighted by atomic mass is 9.96. The Morgan fingerprint density at radius 2 is 1.86 bits per heavy atom. The standard InChI is InChI=1S/C19H22FNO/c1-19(2,3)12-22-18-16(8-5-11-21-18)14-9-10-17(20)15-7-4-6-13(14)15/h5,8-11H,4,6-7,12H2,1-3H3. The number of benzene rings is 1. The van der Waals surface area contributed by atoms with E-state index in [2.05, 4.69) is 25.8 Å². The first kappa shape index (κ1) is 15.0. The molecule has 2 aromatic rings. The van der Waals surface area contributed by atoms with Crippen LogP contribution in [-0.2, 0) is 12.8 Å². The van der Waals surface area contributed by atoms with E-state index in [0.29, 0.717) is 12.5 Å². The lowest BCUT2D eigenvalue weighted by Gasteiger charge is -2.20. The van der Waals surface area contributed by atoms with Gasteiger partial charge in [0.05, 0.1) is 6.61 Å². The van der Waals surface area contributed by atoms with Gasteiger partial charge in [0.15, 0.2) is 0 Å². The number of pyridine rings is 1. The zero-order chi connectivity index (χ0) is 15.7. The molecule has 116 valence electrons. The van der Waals surface area contributed by atoms with Crippen molar-refractivity contribution in [2.24, 2.45) is 5.41 Å². The fraction of sp³-hybridized carbons (Fsp3) is 0.421. The highest BCUT2D eigenvalue weighted by molar-refractivity contribution is 5.73. The molecule has 1 aromatic heterocycles. The van der Waals surface area contributed by atoms with Crippen molar-refractivity contribution in [3.63, 3.8) is 0 Å². The Bertz CT molecular complexity index is 688. The number of nitrogens with zero attached hydrogens (tertiary/aromatic N) is 1. The Labute approximate surface area is 131 Å². The van der Waals surface area contributed by atoms with Crippen LogP contribution < -0.4 is 4.74 Å². The molecule has 1 aliphatic carbocycles. The topological polar surface area (TPSA) is 22.1 Å². The van der Waals surface area contributed by atoms with Crippen molar-refractivity contribution in [2.75, 3.05) is 6.61 Å². The SMILES string of the molecule is CC(C)(C)COc1ncccc1-c1ccc(F)c2c1CCC2. The van der Waals surface area contributed by atoms with Crippen LogP contribution in [0, 0.1) is 11.2 Å². The molecule has 1 aromatic carbocycles. The summed E-state index contributed by atoms with van der Waals surface area (Å²) in [5, 5.41) is 0. The van der Waals surface area contributed by atoms with Gasteiger partial charge in [-0.3, -0.25) is 0 Å². The number of hydrogen-bond donors (Lipinski definition) is 0. The molecule has 0 unspecified atom stereocenters. The molecule has 0 amide bonds. The van der Waals surface area contributed by atoms with Gasteiger partial charge >= 0.3 is 0 Å². The summed E-state index contributed by atoms with van der Waals surface area (Å²) in [5.41, 5.74) is 4.08. The minimum atomic E-state index is -0.0858. The second-order valence-corrected chi connectivity index (χ2v) is 7.11. The van der Waals surface area contributed by atoms with Crippen molar-refractivity contribution in [1.29, 1.82) is 0 Å². The molecule has 1 heterocycles. The van der Waals surface area contributed by atoms with E-state index in [-0.39, 0.29) is 11.2 Å². The average molecular weight is 299 g/mol. The van der Waals surface area contributed by atoms with Crippen LogP contribution in [0.4, 0.5) is 4.39 Å². The quantitative estimate of drug-likeness (QED) is 0.812. The lowest BCUT2D eigenvalue weighted by Crippen LogP contribution is -2.17. The number of ether oxygens (including phenoxy) is 1. The normalized spacial score (nSPS) is 14.0. The maximum absolute atomic E-state index is 13.9. The molecule has 0 fully saturated rings. The number of rotatable bonds is 3. The summed E-state index contributed by atoms with van der Waals surface area (Å²) in [7, 11) is 0. The number of fused-ring (bicyclic) bond motifs is 1. The highest BCUT2D eigenvalue weighted by Crippen LogP contribution is 2.37. The van der Waals surface area contributed by atoms with E-state index in [1.54, 1.807) is 12.3 Å². The van der Waals surface area contributed by atoms with E-state index in [0.717, 1.165) is 41.5 Å². The van der Waals surface area contributed by atoms with Gasteiger partial charge in [-0.2, -0.15) is 0 Å². The minimum absolute atomic E-state index is 0.0690. The first-order valence-electron chi connectivity index (χ1n) is 7.84. The summed E-state index contributed by atoms with van der Waals surface area (Å²) in [6.45, 7) is 6.99. The molecule has 0 aliphatic heterocycles. The van der Waals surface area contributed by atoms with Gasteiger partial charge in [0.1, 0.15) is 5.82 Å². The maximum atomic E-state index is 13.9. The monoisotopic (exact) mass is 299 g/mol. The average Bonchev–Trinajstić information content (AvgIpc) is 2.96. The summed E-state index contributed by atoms with van der Waals surface area (Å²) in [6, 6.07) is 7.35. The fourth-order valence-electron chi connectivity index (χ4n) is 2.91. The van der Waals surface area contributed by atoms with Gasteiger partial charge in [-0.1, -0.05) is 26.8 Å². The minimum Gasteiger partial charge on any atom is -0.477 e. The second-order valence-electron chi connectivity index (χ2n) is 7.11. The zero-order valence-electron chi connectivity index (χ0n) is 13.4. The van der Waals surface area contributed by atoms with Crippen LogP contribution in [0.2, 0.25) is 0 Å². The Hall–Kier alpha value is -1.90. The van der Waals surface area contributed by atoms with E-state index < -0.39 is 0 Å². The molecular weight excluding hydrogens is 277 g/mol. The maximum Gasteiger partial charge on any atom is 0.221 e. The van der Waals surface area contributed by atoms with Gasteiger partial charge in [0.2, 0.25) is 5.88 Å². The van der Waals surface area contributed by atoms with Gasteiger partial charge in [0, 0.05) is 11.8 Å². The molecule has 0 bridgehead atoms. The highest BCUT2D eigenvalue weighted by Gasteiger charge is 2.22. The first-order valence-corrected chi connectivity index (χ1v) is 7.84. The van der Waals surface area contributed by atoms with E-state index in [9.17, 15) is 4.39 Å². The Kier molecular flexibility index (Phi) is 3.90. The first-order chi connectivity index (χ1) is 10.5. The van der Waals surface area contributed by atoms with Gasteiger partial charge in [-0.15, -0.1) is 0 Å². The van der Waals surface area contributed by atoms with Crippen LogP contribution >= 0.6 is 0 Å². The molecule has 0 saturated heterocycles. The molecular formula is C19H22FNO.